The second-order valence-corrected chi connectivity index (χ2v) is 9.55. The van der Waals surface area contributed by atoms with Gasteiger partial charge in [-0.05, 0) is 84.7 Å². The summed E-state index contributed by atoms with van der Waals surface area (Å²) in [6, 6.07) is 21.5. The van der Waals surface area contributed by atoms with Crippen molar-refractivity contribution in [1.82, 2.24) is 9.88 Å². The highest BCUT2D eigenvalue weighted by atomic mass is 19.4. The van der Waals surface area contributed by atoms with E-state index in [0.717, 1.165) is 46.9 Å². The van der Waals surface area contributed by atoms with Crippen molar-refractivity contribution in [3.8, 4) is 16.9 Å². The minimum absolute atomic E-state index is 0.0160. The van der Waals surface area contributed by atoms with Crippen molar-refractivity contribution in [2.24, 2.45) is 5.92 Å². The van der Waals surface area contributed by atoms with Crippen LogP contribution in [0.2, 0.25) is 0 Å². The lowest BCUT2D eigenvalue weighted by molar-refractivity contribution is -0.274. The average molecular weight is 505 g/mol. The molecule has 0 radical (unpaired) electrons. The predicted octanol–water partition coefficient (Wildman–Crippen LogP) is 7.20. The minimum atomic E-state index is -4.74. The van der Waals surface area contributed by atoms with Crippen LogP contribution in [0.5, 0.6) is 5.75 Å². The van der Waals surface area contributed by atoms with E-state index in [1.807, 2.05) is 54.4 Å². The Morgan fingerprint density at radius 3 is 2.62 bits per heavy atom. The summed E-state index contributed by atoms with van der Waals surface area (Å²) in [4.78, 5) is 20.1. The number of para-hydroxylation sites is 1. The van der Waals surface area contributed by atoms with Gasteiger partial charge in [-0.3, -0.25) is 9.78 Å². The molecule has 0 spiro atoms. The zero-order valence-electron chi connectivity index (χ0n) is 20.5. The van der Waals surface area contributed by atoms with Crippen LogP contribution in [-0.2, 0) is 6.42 Å². The van der Waals surface area contributed by atoms with Crippen molar-refractivity contribution in [1.29, 1.82) is 0 Å². The lowest BCUT2D eigenvalue weighted by Crippen LogP contribution is -2.40. The summed E-state index contributed by atoms with van der Waals surface area (Å²) in [6.45, 7) is 3.27. The Balaban J connectivity index is 1.31. The molecule has 0 aliphatic carbocycles. The normalized spacial score (nSPS) is 16.1. The van der Waals surface area contributed by atoms with Gasteiger partial charge in [-0.1, -0.05) is 42.5 Å². The van der Waals surface area contributed by atoms with E-state index in [4.69, 9.17) is 0 Å². The van der Waals surface area contributed by atoms with Gasteiger partial charge < -0.3 is 9.64 Å². The molecule has 1 amide bonds. The molecule has 5 rings (SSSR count). The van der Waals surface area contributed by atoms with Crippen molar-refractivity contribution in [2.45, 2.75) is 32.5 Å². The van der Waals surface area contributed by atoms with Crippen molar-refractivity contribution >= 4 is 16.8 Å². The number of likely N-dealkylation sites (tertiary alicyclic amines) is 1. The SMILES string of the molecule is Cc1c(C(=O)N2CCC[C@H](Cc3cnc4ccccc4c3)C2)cccc1-c1ccc(OC(F)(F)F)cc1. The molecule has 1 aliphatic rings. The number of hydrogen-bond acceptors (Lipinski definition) is 3. The lowest BCUT2D eigenvalue weighted by atomic mass is 9.90. The number of ether oxygens (including phenoxy) is 1. The van der Waals surface area contributed by atoms with E-state index in [-0.39, 0.29) is 11.7 Å². The second-order valence-electron chi connectivity index (χ2n) is 9.55. The van der Waals surface area contributed by atoms with E-state index in [1.54, 1.807) is 12.1 Å². The van der Waals surface area contributed by atoms with Crippen LogP contribution < -0.4 is 4.74 Å². The van der Waals surface area contributed by atoms with Crippen LogP contribution in [0.25, 0.3) is 22.0 Å². The summed E-state index contributed by atoms with van der Waals surface area (Å²) in [5.74, 6) is 0.0603. The summed E-state index contributed by atoms with van der Waals surface area (Å²) in [7, 11) is 0. The number of alkyl halides is 3. The molecule has 1 fully saturated rings. The number of benzene rings is 3. The van der Waals surface area contributed by atoms with Crippen molar-refractivity contribution in [2.75, 3.05) is 13.1 Å². The number of piperidine rings is 1. The molecule has 2 heterocycles. The minimum Gasteiger partial charge on any atom is -0.406 e. The first-order valence-electron chi connectivity index (χ1n) is 12.4. The largest absolute Gasteiger partial charge is 0.573 e. The van der Waals surface area contributed by atoms with E-state index in [2.05, 4.69) is 21.9 Å². The van der Waals surface area contributed by atoms with E-state index < -0.39 is 6.36 Å². The van der Waals surface area contributed by atoms with Crippen LogP contribution in [0.15, 0.2) is 79.0 Å². The van der Waals surface area contributed by atoms with Crippen molar-refractivity contribution in [3.63, 3.8) is 0 Å². The zero-order valence-corrected chi connectivity index (χ0v) is 20.5. The number of amides is 1. The number of halogens is 3. The summed E-state index contributed by atoms with van der Waals surface area (Å²) < 4.78 is 41.4. The third-order valence-electron chi connectivity index (χ3n) is 6.94. The van der Waals surface area contributed by atoms with Gasteiger partial charge >= 0.3 is 6.36 Å². The Kier molecular flexibility index (Phi) is 6.87. The molecule has 0 saturated carbocycles. The highest BCUT2D eigenvalue weighted by molar-refractivity contribution is 5.97. The van der Waals surface area contributed by atoms with Gasteiger partial charge in [0.1, 0.15) is 5.75 Å². The summed E-state index contributed by atoms with van der Waals surface area (Å²) >= 11 is 0. The van der Waals surface area contributed by atoms with E-state index in [1.165, 1.54) is 17.7 Å². The topological polar surface area (TPSA) is 42.4 Å². The van der Waals surface area contributed by atoms with E-state index in [0.29, 0.717) is 24.6 Å². The Hall–Kier alpha value is -3.87. The first-order chi connectivity index (χ1) is 17.8. The first-order valence-corrected chi connectivity index (χ1v) is 12.4. The predicted molar refractivity (Wildman–Crippen MR) is 137 cm³/mol. The van der Waals surface area contributed by atoms with Crippen LogP contribution in [0.4, 0.5) is 13.2 Å². The molecule has 4 nitrogen and oxygen atoms in total. The maximum Gasteiger partial charge on any atom is 0.573 e. The molecule has 190 valence electrons. The van der Waals surface area contributed by atoms with Crippen LogP contribution >= 0.6 is 0 Å². The van der Waals surface area contributed by atoms with Gasteiger partial charge in [-0.15, -0.1) is 13.2 Å². The Morgan fingerprint density at radius 2 is 1.84 bits per heavy atom. The number of aromatic nitrogens is 1. The number of rotatable bonds is 5. The molecule has 7 heteroatoms. The third-order valence-corrected chi connectivity index (χ3v) is 6.94. The molecular weight excluding hydrogens is 477 g/mol. The number of carbonyl (C=O) groups excluding carboxylic acids is 1. The maximum absolute atomic E-state index is 13.6. The van der Waals surface area contributed by atoms with Crippen LogP contribution in [0.1, 0.15) is 34.3 Å². The molecule has 4 aromatic rings. The Bertz CT molecular complexity index is 1420. The first kappa shape index (κ1) is 24.8. The molecule has 1 atom stereocenters. The highest BCUT2D eigenvalue weighted by Gasteiger charge is 2.31. The molecule has 0 bridgehead atoms. The highest BCUT2D eigenvalue weighted by Crippen LogP contribution is 2.31. The van der Waals surface area contributed by atoms with Gasteiger partial charge in [-0.25, -0.2) is 0 Å². The van der Waals surface area contributed by atoms with Gasteiger partial charge in [0, 0.05) is 30.2 Å². The second kappa shape index (κ2) is 10.2. The molecule has 1 saturated heterocycles. The fourth-order valence-corrected chi connectivity index (χ4v) is 5.16. The molecule has 1 aliphatic heterocycles. The van der Waals surface area contributed by atoms with Crippen LogP contribution in [-0.4, -0.2) is 35.2 Å². The summed E-state index contributed by atoms with van der Waals surface area (Å²) in [6.07, 6.45) is 0.0639. The number of nitrogens with zero attached hydrogens (tertiary/aromatic N) is 2. The third kappa shape index (κ3) is 5.77. The zero-order chi connectivity index (χ0) is 26.0. The summed E-state index contributed by atoms with van der Waals surface area (Å²) in [5, 5.41) is 1.12. The monoisotopic (exact) mass is 504 g/mol. The maximum atomic E-state index is 13.6. The number of fused-ring (bicyclic) bond motifs is 1. The van der Waals surface area contributed by atoms with Crippen LogP contribution in [0, 0.1) is 12.8 Å². The van der Waals surface area contributed by atoms with Gasteiger partial charge in [0.2, 0.25) is 0 Å². The van der Waals surface area contributed by atoms with Gasteiger partial charge in [0.05, 0.1) is 5.52 Å². The molecule has 37 heavy (non-hydrogen) atoms. The van der Waals surface area contributed by atoms with Crippen molar-refractivity contribution < 1.29 is 22.7 Å². The summed E-state index contributed by atoms with van der Waals surface area (Å²) in [5.41, 5.74) is 5.10. The molecular formula is C30H27F3N2O2. The average Bonchev–Trinajstić information content (AvgIpc) is 2.88. The van der Waals surface area contributed by atoms with Gasteiger partial charge in [0.25, 0.3) is 5.91 Å². The molecule has 1 aromatic heterocycles. The standard InChI is InChI=1S/C30H27F3N2O2/c1-20-26(23-11-13-25(14-12-23)37-30(31,32)33)8-4-9-27(20)29(36)35-15-5-6-21(19-35)16-22-17-24-7-2-3-10-28(24)34-18-22/h2-4,7-14,17-18,21H,5-6,15-16,19H2,1H3/t21-/m1/s1. The van der Waals surface area contributed by atoms with Crippen molar-refractivity contribution in [3.05, 3.63) is 95.7 Å². The molecule has 3 aromatic carbocycles. The quantitative estimate of drug-likeness (QED) is 0.289. The number of pyridine rings is 1. The molecule has 0 unspecified atom stereocenters. The Morgan fingerprint density at radius 1 is 1.05 bits per heavy atom. The fourth-order valence-electron chi connectivity index (χ4n) is 5.16. The lowest BCUT2D eigenvalue weighted by Gasteiger charge is -2.33. The van der Waals surface area contributed by atoms with E-state index in [9.17, 15) is 18.0 Å². The molecule has 0 N–H and O–H groups in total. The van der Waals surface area contributed by atoms with E-state index >= 15 is 0 Å². The number of hydrogen-bond donors (Lipinski definition) is 0. The smallest absolute Gasteiger partial charge is 0.406 e. The van der Waals surface area contributed by atoms with Gasteiger partial charge in [0.15, 0.2) is 0 Å². The Labute approximate surface area is 213 Å². The number of carbonyl (C=O) groups is 1. The fraction of sp³-hybridized carbons (Fsp3) is 0.267. The van der Waals surface area contributed by atoms with Gasteiger partial charge in [-0.2, -0.15) is 0 Å². The van der Waals surface area contributed by atoms with Crippen LogP contribution in [0.3, 0.4) is 0 Å².